The van der Waals surface area contributed by atoms with Crippen LogP contribution in [0.5, 0.6) is 0 Å². The average molecular weight is 218 g/mol. The van der Waals surface area contributed by atoms with Crippen molar-refractivity contribution in [3.63, 3.8) is 0 Å². The molecule has 90 valence electrons. The Kier molecular flexibility index (Phi) is 8.33. The lowest BCUT2D eigenvalue weighted by Crippen LogP contribution is -2.20. The second kappa shape index (κ2) is 8.68. The van der Waals surface area contributed by atoms with Crippen molar-refractivity contribution in [3.05, 3.63) is 0 Å². The van der Waals surface area contributed by atoms with Gasteiger partial charge in [0, 0.05) is 0 Å². The lowest BCUT2D eigenvalue weighted by Gasteiger charge is -2.10. The molecule has 0 saturated carbocycles. The van der Waals surface area contributed by atoms with E-state index >= 15 is 0 Å². The zero-order valence-corrected chi connectivity index (χ0v) is 9.61. The van der Waals surface area contributed by atoms with Crippen LogP contribution in [0.4, 0.5) is 0 Å². The number of aliphatic hydroxyl groups is 2. The van der Waals surface area contributed by atoms with E-state index in [4.69, 9.17) is 9.84 Å². The SMILES string of the molecule is CCCCCC(O)CC(=O)OCC(C)O. The Bertz CT molecular complexity index is 168. The highest BCUT2D eigenvalue weighted by molar-refractivity contribution is 5.69. The summed E-state index contributed by atoms with van der Waals surface area (Å²) in [7, 11) is 0. The third kappa shape index (κ3) is 9.69. The summed E-state index contributed by atoms with van der Waals surface area (Å²) in [6.45, 7) is 3.63. The summed E-state index contributed by atoms with van der Waals surface area (Å²) in [4.78, 5) is 11.1. The van der Waals surface area contributed by atoms with E-state index in [0.29, 0.717) is 6.42 Å². The highest BCUT2D eigenvalue weighted by Gasteiger charge is 2.12. The fourth-order valence-electron chi connectivity index (χ4n) is 1.20. The molecule has 0 saturated heterocycles. The summed E-state index contributed by atoms with van der Waals surface area (Å²) in [6.07, 6.45) is 2.50. The van der Waals surface area contributed by atoms with Gasteiger partial charge in [-0.05, 0) is 13.3 Å². The van der Waals surface area contributed by atoms with Crippen LogP contribution in [-0.2, 0) is 9.53 Å². The molecular formula is C11H22O4. The third-order valence-corrected chi connectivity index (χ3v) is 2.03. The smallest absolute Gasteiger partial charge is 0.308 e. The highest BCUT2D eigenvalue weighted by Crippen LogP contribution is 2.07. The number of hydrogen-bond donors (Lipinski definition) is 2. The molecule has 4 heteroatoms. The first-order valence-electron chi connectivity index (χ1n) is 5.58. The molecule has 2 N–H and O–H groups in total. The second-order valence-electron chi connectivity index (χ2n) is 3.89. The molecule has 2 unspecified atom stereocenters. The first-order valence-corrected chi connectivity index (χ1v) is 5.58. The Hall–Kier alpha value is -0.610. The summed E-state index contributed by atoms with van der Waals surface area (Å²) in [6, 6.07) is 0. The predicted octanol–water partition coefficient (Wildman–Crippen LogP) is 1.24. The monoisotopic (exact) mass is 218 g/mol. The molecule has 2 atom stereocenters. The molecule has 0 radical (unpaired) electrons. The fraction of sp³-hybridized carbons (Fsp3) is 0.909. The van der Waals surface area contributed by atoms with Crippen LogP contribution in [0.2, 0.25) is 0 Å². The van der Waals surface area contributed by atoms with Crippen molar-refractivity contribution in [1.82, 2.24) is 0 Å². The molecule has 0 bridgehead atoms. The van der Waals surface area contributed by atoms with E-state index in [0.717, 1.165) is 19.3 Å². The van der Waals surface area contributed by atoms with Crippen molar-refractivity contribution < 1.29 is 19.7 Å². The first kappa shape index (κ1) is 14.4. The van der Waals surface area contributed by atoms with Gasteiger partial charge in [0.2, 0.25) is 0 Å². The van der Waals surface area contributed by atoms with Crippen LogP contribution in [0.1, 0.15) is 46.0 Å². The van der Waals surface area contributed by atoms with Gasteiger partial charge in [0.15, 0.2) is 0 Å². The molecule has 0 aliphatic heterocycles. The molecule has 0 spiro atoms. The largest absolute Gasteiger partial charge is 0.463 e. The van der Waals surface area contributed by atoms with Crippen LogP contribution >= 0.6 is 0 Å². The van der Waals surface area contributed by atoms with Gasteiger partial charge in [-0.1, -0.05) is 26.2 Å². The van der Waals surface area contributed by atoms with Crippen molar-refractivity contribution >= 4 is 5.97 Å². The maximum absolute atomic E-state index is 11.1. The van der Waals surface area contributed by atoms with E-state index in [1.807, 2.05) is 0 Å². The number of carbonyl (C=O) groups is 1. The molecule has 4 nitrogen and oxygen atoms in total. The Morgan fingerprint density at radius 2 is 2.00 bits per heavy atom. The molecule has 0 aromatic heterocycles. The molecule has 0 aliphatic carbocycles. The molecular weight excluding hydrogens is 196 g/mol. The van der Waals surface area contributed by atoms with Crippen molar-refractivity contribution in [1.29, 1.82) is 0 Å². The quantitative estimate of drug-likeness (QED) is 0.475. The second-order valence-corrected chi connectivity index (χ2v) is 3.89. The van der Waals surface area contributed by atoms with E-state index in [1.165, 1.54) is 0 Å². The maximum Gasteiger partial charge on any atom is 0.308 e. The minimum absolute atomic E-state index is 0.000509. The average Bonchev–Trinajstić information content (AvgIpc) is 2.15. The predicted molar refractivity (Wildman–Crippen MR) is 57.4 cm³/mol. The Morgan fingerprint density at radius 3 is 2.53 bits per heavy atom. The van der Waals surface area contributed by atoms with E-state index in [1.54, 1.807) is 6.92 Å². The van der Waals surface area contributed by atoms with E-state index in [-0.39, 0.29) is 13.0 Å². The van der Waals surface area contributed by atoms with Crippen molar-refractivity contribution in [2.24, 2.45) is 0 Å². The lowest BCUT2D eigenvalue weighted by atomic mass is 10.1. The van der Waals surface area contributed by atoms with Crippen molar-refractivity contribution in [2.75, 3.05) is 6.61 Å². The van der Waals surface area contributed by atoms with Crippen LogP contribution in [-0.4, -0.2) is 35.0 Å². The maximum atomic E-state index is 11.1. The van der Waals surface area contributed by atoms with Gasteiger partial charge in [-0.3, -0.25) is 4.79 Å². The molecule has 0 aliphatic rings. The van der Waals surface area contributed by atoms with Gasteiger partial charge in [0.05, 0.1) is 18.6 Å². The first-order chi connectivity index (χ1) is 7.06. The molecule has 0 aromatic rings. The zero-order chi connectivity index (χ0) is 11.7. The summed E-state index contributed by atoms with van der Waals surface area (Å²) < 4.78 is 4.73. The number of aliphatic hydroxyl groups excluding tert-OH is 2. The fourth-order valence-corrected chi connectivity index (χ4v) is 1.20. The van der Waals surface area contributed by atoms with Gasteiger partial charge >= 0.3 is 5.97 Å². The summed E-state index contributed by atoms with van der Waals surface area (Å²) >= 11 is 0. The summed E-state index contributed by atoms with van der Waals surface area (Å²) in [5, 5.41) is 18.3. The highest BCUT2D eigenvalue weighted by atomic mass is 16.5. The number of carbonyl (C=O) groups excluding carboxylic acids is 1. The van der Waals surface area contributed by atoms with E-state index < -0.39 is 18.2 Å². The third-order valence-electron chi connectivity index (χ3n) is 2.03. The molecule has 0 rings (SSSR count). The number of esters is 1. The van der Waals surface area contributed by atoms with Crippen molar-refractivity contribution in [2.45, 2.75) is 58.2 Å². The van der Waals surface area contributed by atoms with Crippen LogP contribution in [0.15, 0.2) is 0 Å². The number of ether oxygens (including phenoxy) is 1. The van der Waals surface area contributed by atoms with Gasteiger partial charge in [-0.15, -0.1) is 0 Å². The molecule has 0 aromatic carbocycles. The van der Waals surface area contributed by atoms with Crippen LogP contribution in [0.3, 0.4) is 0 Å². The molecule has 15 heavy (non-hydrogen) atoms. The topological polar surface area (TPSA) is 66.8 Å². The van der Waals surface area contributed by atoms with Gasteiger partial charge in [-0.25, -0.2) is 0 Å². The number of rotatable bonds is 8. The Morgan fingerprint density at radius 1 is 1.33 bits per heavy atom. The lowest BCUT2D eigenvalue weighted by molar-refractivity contribution is -0.148. The minimum atomic E-state index is -0.647. The Balaban J connectivity index is 3.49. The number of unbranched alkanes of at least 4 members (excludes halogenated alkanes) is 2. The molecule has 0 fully saturated rings. The minimum Gasteiger partial charge on any atom is -0.463 e. The van der Waals surface area contributed by atoms with E-state index in [2.05, 4.69) is 6.92 Å². The summed E-state index contributed by atoms with van der Waals surface area (Å²) in [5.41, 5.74) is 0. The van der Waals surface area contributed by atoms with Gasteiger partial charge in [-0.2, -0.15) is 0 Å². The molecule has 0 heterocycles. The van der Waals surface area contributed by atoms with Crippen LogP contribution < -0.4 is 0 Å². The zero-order valence-electron chi connectivity index (χ0n) is 9.61. The van der Waals surface area contributed by atoms with Crippen LogP contribution in [0, 0.1) is 0 Å². The van der Waals surface area contributed by atoms with Crippen molar-refractivity contribution in [3.8, 4) is 0 Å². The number of hydrogen-bond acceptors (Lipinski definition) is 4. The van der Waals surface area contributed by atoms with Gasteiger partial charge < -0.3 is 14.9 Å². The Labute approximate surface area is 91.3 Å². The van der Waals surface area contributed by atoms with E-state index in [9.17, 15) is 9.90 Å². The normalized spacial score (nSPS) is 14.7. The summed E-state index contributed by atoms with van der Waals surface area (Å²) in [5.74, 6) is -0.445. The van der Waals surface area contributed by atoms with Gasteiger partial charge in [0.1, 0.15) is 6.61 Å². The standard InChI is InChI=1S/C11H22O4/c1-3-4-5-6-10(13)7-11(14)15-8-9(2)12/h9-10,12-13H,3-8H2,1-2H3. The van der Waals surface area contributed by atoms with Gasteiger partial charge in [0.25, 0.3) is 0 Å². The molecule has 0 amide bonds. The van der Waals surface area contributed by atoms with Crippen LogP contribution in [0.25, 0.3) is 0 Å².